The number of thioether (sulfide) groups is 1. The molecule has 8 nitrogen and oxygen atoms in total. The van der Waals surface area contributed by atoms with Crippen LogP contribution < -0.4 is 15.4 Å². The number of amides is 2. The molecule has 11 heteroatoms. The molecule has 2 N–H and O–H groups in total. The molecule has 0 unspecified atom stereocenters. The zero-order chi connectivity index (χ0) is 25.7. The van der Waals surface area contributed by atoms with Crippen LogP contribution in [0.5, 0.6) is 5.75 Å². The third-order valence-electron chi connectivity index (χ3n) is 5.41. The highest BCUT2D eigenvalue weighted by Gasteiger charge is 2.44. The van der Waals surface area contributed by atoms with E-state index in [1.165, 1.54) is 14.2 Å². The lowest BCUT2D eigenvalue weighted by Gasteiger charge is -2.31. The molecule has 182 valence electrons. The first-order valence-electron chi connectivity index (χ1n) is 10.3. The van der Waals surface area contributed by atoms with Gasteiger partial charge in [0.1, 0.15) is 11.7 Å². The van der Waals surface area contributed by atoms with Crippen LogP contribution in [0.15, 0.2) is 51.5 Å². The van der Waals surface area contributed by atoms with E-state index in [9.17, 15) is 19.6 Å². The van der Waals surface area contributed by atoms with Crippen molar-refractivity contribution in [3.63, 3.8) is 0 Å². The minimum Gasteiger partial charge on any atom is -0.496 e. The normalized spacial score (nSPS) is 17.3. The topological polar surface area (TPSA) is 118 Å². The Kier molecular flexibility index (Phi) is 8.83. The van der Waals surface area contributed by atoms with Gasteiger partial charge in [0.05, 0.1) is 41.1 Å². The average Bonchev–Trinajstić information content (AvgIpc) is 2.84. The molecule has 1 heterocycles. The van der Waals surface area contributed by atoms with Gasteiger partial charge in [-0.2, -0.15) is 5.26 Å². The molecule has 2 aromatic rings. The van der Waals surface area contributed by atoms with Crippen LogP contribution in [0.2, 0.25) is 5.02 Å². The van der Waals surface area contributed by atoms with Crippen molar-refractivity contribution in [3.05, 3.63) is 67.6 Å². The number of carbonyl (C=O) groups is 3. The number of anilines is 1. The molecule has 0 bridgehead atoms. The summed E-state index contributed by atoms with van der Waals surface area (Å²) in [6.07, 6.45) is 0. The molecule has 35 heavy (non-hydrogen) atoms. The molecular weight excluding hydrogens is 558 g/mol. The molecule has 0 saturated carbocycles. The third kappa shape index (κ3) is 5.81. The molecule has 3 rings (SSSR count). The number of nitrogens with zero attached hydrogens (tertiary/aromatic N) is 1. The molecule has 2 amide bonds. The van der Waals surface area contributed by atoms with Crippen LogP contribution in [0.25, 0.3) is 0 Å². The number of methoxy groups -OCH3 is 2. The van der Waals surface area contributed by atoms with E-state index in [0.717, 1.165) is 17.3 Å². The van der Waals surface area contributed by atoms with Crippen molar-refractivity contribution < 1.29 is 23.9 Å². The lowest BCUT2D eigenvalue weighted by molar-refractivity contribution is -0.150. The Labute approximate surface area is 220 Å². The van der Waals surface area contributed by atoms with E-state index < -0.39 is 23.7 Å². The number of esters is 1. The van der Waals surface area contributed by atoms with Crippen molar-refractivity contribution in [2.24, 2.45) is 5.92 Å². The quantitative estimate of drug-likeness (QED) is 0.366. The van der Waals surface area contributed by atoms with Crippen molar-refractivity contribution in [1.29, 1.82) is 5.26 Å². The Morgan fingerprint density at radius 1 is 1.29 bits per heavy atom. The minimum absolute atomic E-state index is 0.0886. The van der Waals surface area contributed by atoms with Crippen molar-refractivity contribution in [2.75, 3.05) is 25.3 Å². The van der Waals surface area contributed by atoms with Crippen molar-refractivity contribution >= 4 is 62.8 Å². The summed E-state index contributed by atoms with van der Waals surface area (Å²) in [7, 11) is 2.69. The number of rotatable bonds is 7. The summed E-state index contributed by atoms with van der Waals surface area (Å²) in [4.78, 5) is 38.1. The highest BCUT2D eigenvalue weighted by Crippen LogP contribution is 2.42. The molecule has 0 fully saturated rings. The van der Waals surface area contributed by atoms with Gasteiger partial charge in [-0.15, -0.1) is 0 Å². The summed E-state index contributed by atoms with van der Waals surface area (Å²) in [5.74, 6) is -3.47. The molecule has 2 atom stereocenters. The number of ether oxygens (including phenoxy) is 2. The van der Waals surface area contributed by atoms with Crippen LogP contribution in [0, 0.1) is 24.2 Å². The fourth-order valence-corrected chi connectivity index (χ4v) is 5.20. The standard InChI is InChI=1S/C24H21BrClN3O5S/c1-12-16(26)5-4-6-17(12)28-19(30)11-35-23-14(10-27)20(21(22(31)29-23)24(32)34-3)13-7-8-18(33-2)15(25)9-13/h4-9,20-21H,11H2,1-3H3,(H,28,30)(H,29,31)/t20-,21-/m1/s1. The largest absolute Gasteiger partial charge is 0.496 e. The molecule has 2 aromatic carbocycles. The first-order valence-corrected chi connectivity index (χ1v) is 12.4. The van der Waals surface area contributed by atoms with Crippen LogP contribution in [-0.4, -0.2) is 37.8 Å². The zero-order valence-corrected chi connectivity index (χ0v) is 22.1. The predicted octanol–water partition coefficient (Wildman–Crippen LogP) is 4.53. The van der Waals surface area contributed by atoms with Gasteiger partial charge in [0.15, 0.2) is 0 Å². The van der Waals surface area contributed by atoms with Crippen LogP contribution in [0.3, 0.4) is 0 Å². The van der Waals surface area contributed by atoms with Crippen molar-refractivity contribution in [3.8, 4) is 11.8 Å². The van der Waals surface area contributed by atoms with E-state index in [1.807, 2.05) is 0 Å². The smallest absolute Gasteiger partial charge is 0.319 e. The van der Waals surface area contributed by atoms with Gasteiger partial charge in [0.2, 0.25) is 11.8 Å². The Hall–Kier alpha value is -3.00. The zero-order valence-electron chi connectivity index (χ0n) is 19.0. The number of allylic oxidation sites excluding steroid dienone is 1. The number of benzene rings is 2. The average molecular weight is 579 g/mol. The number of hydrogen-bond acceptors (Lipinski definition) is 7. The number of carbonyl (C=O) groups excluding carboxylic acids is 3. The van der Waals surface area contributed by atoms with E-state index in [4.69, 9.17) is 21.1 Å². The maximum atomic E-state index is 13.0. The van der Waals surface area contributed by atoms with Gasteiger partial charge >= 0.3 is 5.97 Å². The lowest BCUT2D eigenvalue weighted by atomic mass is 9.78. The fraction of sp³-hybridized carbons (Fsp3) is 0.250. The van der Waals surface area contributed by atoms with Gasteiger partial charge in [-0.1, -0.05) is 35.5 Å². The summed E-state index contributed by atoms with van der Waals surface area (Å²) in [6, 6.07) is 12.3. The molecular formula is C24H21BrClN3O5S. The molecule has 0 radical (unpaired) electrons. The van der Waals surface area contributed by atoms with Gasteiger partial charge < -0.3 is 20.1 Å². The number of nitrogens with one attached hydrogen (secondary N) is 2. The maximum absolute atomic E-state index is 13.0. The Bertz CT molecular complexity index is 1260. The van der Waals surface area contributed by atoms with Crippen LogP contribution in [0.1, 0.15) is 17.0 Å². The summed E-state index contributed by atoms with van der Waals surface area (Å²) < 4.78 is 10.7. The molecule has 0 aromatic heterocycles. The Morgan fingerprint density at radius 3 is 2.66 bits per heavy atom. The van der Waals surface area contributed by atoms with Gasteiger partial charge in [-0.05, 0) is 58.2 Å². The monoisotopic (exact) mass is 577 g/mol. The van der Waals surface area contributed by atoms with Gasteiger partial charge in [-0.25, -0.2) is 0 Å². The first-order chi connectivity index (χ1) is 16.7. The van der Waals surface area contributed by atoms with Crippen molar-refractivity contribution in [2.45, 2.75) is 12.8 Å². The second-order valence-electron chi connectivity index (χ2n) is 7.47. The van der Waals surface area contributed by atoms with Crippen molar-refractivity contribution in [1.82, 2.24) is 5.32 Å². The van der Waals surface area contributed by atoms with E-state index in [1.54, 1.807) is 43.3 Å². The number of halogens is 2. The van der Waals surface area contributed by atoms with Gasteiger partial charge in [0.25, 0.3) is 0 Å². The summed E-state index contributed by atoms with van der Waals surface area (Å²) >= 11 is 10.5. The summed E-state index contributed by atoms with van der Waals surface area (Å²) in [5, 5.41) is 16.1. The highest BCUT2D eigenvalue weighted by atomic mass is 79.9. The van der Waals surface area contributed by atoms with Crippen LogP contribution in [0.4, 0.5) is 5.69 Å². The SMILES string of the molecule is COC(=O)[C@H]1C(=O)NC(SCC(=O)Nc2cccc(Cl)c2C)=C(C#N)[C@H]1c1ccc(OC)c(Br)c1. The third-order valence-corrected chi connectivity index (χ3v) is 7.45. The number of hydrogen-bond donors (Lipinski definition) is 2. The summed E-state index contributed by atoms with van der Waals surface area (Å²) in [5.41, 5.74) is 1.98. The molecule has 1 aliphatic rings. The second kappa shape index (κ2) is 11.6. The molecule has 0 saturated heterocycles. The van der Waals surface area contributed by atoms with E-state index >= 15 is 0 Å². The predicted molar refractivity (Wildman–Crippen MR) is 137 cm³/mol. The lowest BCUT2D eigenvalue weighted by Crippen LogP contribution is -2.44. The number of nitriles is 1. The summed E-state index contributed by atoms with van der Waals surface area (Å²) in [6.45, 7) is 1.79. The fourth-order valence-electron chi connectivity index (χ4n) is 3.62. The van der Waals surface area contributed by atoms with Crippen LogP contribution >= 0.6 is 39.3 Å². The molecule has 0 spiro atoms. The molecule has 0 aliphatic carbocycles. The van der Waals surface area contributed by atoms with E-state index in [2.05, 4.69) is 32.6 Å². The second-order valence-corrected chi connectivity index (χ2v) is 9.71. The Morgan fingerprint density at radius 2 is 2.03 bits per heavy atom. The van der Waals surface area contributed by atoms with Crippen LogP contribution in [-0.2, 0) is 19.1 Å². The van der Waals surface area contributed by atoms with E-state index in [0.29, 0.717) is 26.5 Å². The molecule has 1 aliphatic heterocycles. The Balaban J connectivity index is 1.93. The van der Waals surface area contributed by atoms with Gasteiger partial charge in [0, 0.05) is 16.6 Å². The van der Waals surface area contributed by atoms with E-state index in [-0.39, 0.29) is 22.3 Å². The highest BCUT2D eigenvalue weighted by molar-refractivity contribution is 9.10. The first kappa shape index (κ1) is 26.6. The minimum atomic E-state index is -1.28. The van der Waals surface area contributed by atoms with Gasteiger partial charge in [-0.3, -0.25) is 14.4 Å². The maximum Gasteiger partial charge on any atom is 0.319 e.